The second-order valence-electron chi connectivity index (χ2n) is 4.70. The SMILES string of the molecule is CC1CCCN1C(=O)c1cc(Cl)c(Br)c(S(=O)(=O)Cl)c1. The molecule has 1 aromatic carbocycles. The predicted octanol–water partition coefficient (Wildman–Crippen LogP) is 3.65. The van der Waals surface area contributed by atoms with E-state index in [9.17, 15) is 13.2 Å². The molecule has 20 heavy (non-hydrogen) atoms. The van der Waals surface area contributed by atoms with E-state index in [-0.39, 0.29) is 31.9 Å². The molecule has 0 aliphatic carbocycles. The number of carbonyl (C=O) groups excluding carboxylic acids is 1. The van der Waals surface area contributed by atoms with Gasteiger partial charge in [-0.05, 0) is 47.8 Å². The molecule has 4 nitrogen and oxygen atoms in total. The van der Waals surface area contributed by atoms with E-state index in [1.54, 1.807) is 4.90 Å². The van der Waals surface area contributed by atoms with Gasteiger partial charge in [0.2, 0.25) is 0 Å². The Labute approximate surface area is 135 Å². The minimum atomic E-state index is -3.98. The van der Waals surface area contributed by atoms with Gasteiger partial charge in [-0.15, -0.1) is 0 Å². The molecule has 0 saturated carbocycles. The number of carbonyl (C=O) groups is 1. The zero-order valence-corrected chi connectivity index (χ0v) is 14.5. The summed E-state index contributed by atoms with van der Waals surface area (Å²) in [4.78, 5) is 13.9. The number of amides is 1. The van der Waals surface area contributed by atoms with Crippen molar-refractivity contribution in [2.24, 2.45) is 0 Å². The van der Waals surface area contributed by atoms with Crippen LogP contribution in [0, 0.1) is 0 Å². The highest BCUT2D eigenvalue weighted by molar-refractivity contribution is 9.10. The van der Waals surface area contributed by atoms with E-state index in [1.165, 1.54) is 12.1 Å². The molecule has 0 bridgehead atoms. The van der Waals surface area contributed by atoms with E-state index in [1.807, 2.05) is 6.92 Å². The number of likely N-dealkylation sites (tertiary alicyclic amines) is 1. The summed E-state index contributed by atoms with van der Waals surface area (Å²) < 4.78 is 23.2. The summed E-state index contributed by atoms with van der Waals surface area (Å²) in [5, 5.41) is 0.141. The van der Waals surface area contributed by atoms with Crippen LogP contribution in [0.4, 0.5) is 0 Å². The Kier molecular flexibility index (Phi) is 4.69. The molecule has 1 fully saturated rings. The van der Waals surface area contributed by atoms with E-state index in [2.05, 4.69) is 15.9 Å². The standard InChI is InChI=1S/C12H12BrCl2NO3S/c1-7-3-2-4-16(7)12(17)8-5-9(14)11(13)10(6-8)20(15,18)19/h5-7H,2-4H2,1H3. The van der Waals surface area contributed by atoms with Gasteiger partial charge in [0.15, 0.2) is 0 Å². The highest BCUT2D eigenvalue weighted by atomic mass is 79.9. The van der Waals surface area contributed by atoms with Gasteiger partial charge in [-0.1, -0.05) is 11.6 Å². The maximum absolute atomic E-state index is 12.4. The molecule has 110 valence electrons. The number of nitrogens with zero attached hydrogens (tertiary/aromatic N) is 1. The Morgan fingerprint density at radius 1 is 1.45 bits per heavy atom. The van der Waals surface area contributed by atoms with Crippen LogP contribution in [0.5, 0.6) is 0 Å². The lowest BCUT2D eigenvalue weighted by molar-refractivity contribution is 0.0747. The van der Waals surface area contributed by atoms with Gasteiger partial charge >= 0.3 is 0 Å². The van der Waals surface area contributed by atoms with Gasteiger partial charge in [0, 0.05) is 28.8 Å². The summed E-state index contributed by atoms with van der Waals surface area (Å²) in [5.74, 6) is -0.231. The van der Waals surface area contributed by atoms with Crippen LogP contribution in [0.2, 0.25) is 5.02 Å². The Hall–Kier alpha value is -0.300. The van der Waals surface area contributed by atoms with E-state index in [0.29, 0.717) is 6.54 Å². The summed E-state index contributed by atoms with van der Waals surface area (Å²) in [5.41, 5.74) is 0.228. The number of rotatable bonds is 2. The molecular weight excluding hydrogens is 389 g/mol. The van der Waals surface area contributed by atoms with Crippen LogP contribution < -0.4 is 0 Å². The molecule has 0 aromatic heterocycles. The second-order valence-corrected chi connectivity index (χ2v) is 8.43. The van der Waals surface area contributed by atoms with Crippen molar-refractivity contribution in [3.8, 4) is 0 Å². The highest BCUT2D eigenvalue weighted by Crippen LogP contribution is 2.34. The van der Waals surface area contributed by atoms with Crippen LogP contribution in [0.25, 0.3) is 0 Å². The van der Waals surface area contributed by atoms with Crippen molar-refractivity contribution in [1.82, 2.24) is 4.90 Å². The zero-order chi connectivity index (χ0) is 15.1. The third-order valence-electron chi connectivity index (χ3n) is 3.32. The molecule has 1 amide bonds. The molecule has 2 rings (SSSR count). The molecule has 1 unspecified atom stereocenters. The van der Waals surface area contributed by atoms with Crippen LogP contribution in [0.3, 0.4) is 0 Å². The summed E-state index contributed by atoms with van der Waals surface area (Å²) >= 11 is 9.05. The Bertz CT molecular complexity index is 663. The fourth-order valence-corrected chi connectivity index (χ4v) is 4.65. The first kappa shape index (κ1) is 16.1. The van der Waals surface area contributed by atoms with E-state index in [0.717, 1.165) is 12.8 Å². The lowest BCUT2D eigenvalue weighted by Crippen LogP contribution is -2.33. The summed E-state index contributed by atoms with van der Waals surface area (Å²) in [6.07, 6.45) is 1.88. The van der Waals surface area contributed by atoms with Crippen molar-refractivity contribution >= 4 is 53.2 Å². The Balaban J connectivity index is 2.48. The molecule has 0 radical (unpaired) electrons. The molecule has 0 spiro atoms. The predicted molar refractivity (Wildman–Crippen MR) is 81.9 cm³/mol. The maximum atomic E-state index is 12.4. The van der Waals surface area contributed by atoms with Crippen molar-refractivity contribution in [2.75, 3.05) is 6.54 Å². The summed E-state index contributed by atoms with van der Waals surface area (Å²) in [6, 6.07) is 2.84. The second kappa shape index (κ2) is 5.83. The smallest absolute Gasteiger partial charge is 0.262 e. The van der Waals surface area contributed by atoms with Crippen LogP contribution in [0.1, 0.15) is 30.1 Å². The third-order valence-corrected chi connectivity index (χ3v) is 6.31. The van der Waals surface area contributed by atoms with Crippen molar-refractivity contribution in [2.45, 2.75) is 30.7 Å². The average molecular weight is 401 g/mol. The van der Waals surface area contributed by atoms with Crippen LogP contribution in [-0.4, -0.2) is 31.8 Å². The van der Waals surface area contributed by atoms with Gasteiger partial charge in [-0.25, -0.2) is 8.42 Å². The molecular formula is C12H12BrCl2NO3S. The van der Waals surface area contributed by atoms with Gasteiger partial charge in [-0.2, -0.15) is 0 Å². The minimum absolute atomic E-state index is 0.140. The quantitative estimate of drug-likeness (QED) is 0.712. The first-order valence-corrected chi connectivity index (χ1v) is 9.44. The minimum Gasteiger partial charge on any atom is -0.336 e. The van der Waals surface area contributed by atoms with Gasteiger partial charge in [0.25, 0.3) is 15.0 Å². The van der Waals surface area contributed by atoms with E-state index in [4.69, 9.17) is 22.3 Å². The first-order chi connectivity index (χ1) is 9.21. The fourth-order valence-electron chi connectivity index (χ4n) is 2.27. The molecule has 1 atom stereocenters. The summed E-state index contributed by atoms with van der Waals surface area (Å²) in [7, 11) is 1.38. The molecule has 1 aliphatic heterocycles. The Morgan fingerprint density at radius 3 is 2.60 bits per heavy atom. The average Bonchev–Trinajstić information content (AvgIpc) is 2.76. The zero-order valence-electron chi connectivity index (χ0n) is 10.6. The molecule has 8 heteroatoms. The van der Waals surface area contributed by atoms with Gasteiger partial charge < -0.3 is 4.90 Å². The molecule has 1 aliphatic rings. The van der Waals surface area contributed by atoms with Crippen LogP contribution in [-0.2, 0) is 9.05 Å². The van der Waals surface area contributed by atoms with Crippen molar-refractivity contribution < 1.29 is 13.2 Å². The maximum Gasteiger partial charge on any atom is 0.262 e. The van der Waals surface area contributed by atoms with Crippen molar-refractivity contribution in [1.29, 1.82) is 0 Å². The van der Waals surface area contributed by atoms with Gasteiger partial charge in [-0.3, -0.25) is 4.79 Å². The number of halogens is 3. The lowest BCUT2D eigenvalue weighted by atomic mass is 10.2. The van der Waals surface area contributed by atoms with Gasteiger partial charge in [0.1, 0.15) is 0 Å². The number of hydrogen-bond donors (Lipinski definition) is 0. The summed E-state index contributed by atoms with van der Waals surface area (Å²) in [6.45, 7) is 2.63. The number of hydrogen-bond acceptors (Lipinski definition) is 3. The highest BCUT2D eigenvalue weighted by Gasteiger charge is 2.28. The molecule has 1 saturated heterocycles. The fraction of sp³-hybridized carbons (Fsp3) is 0.417. The van der Waals surface area contributed by atoms with E-state index >= 15 is 0 Å². The molecule has 1 heterocycles. The van der Waals surface area contributed by atoms with Crippen molar-refractivity contribution in [3.05, 3.63) is 27.2 Å². The Morgan fingerprint density at radius 2 is 2.10 bits per heavy atom. The first-order valence-electron chi connectivity index (χ1n) is 5.96. The molecule has 1 aromatic rings. The normalized spacial score (nSPS) is 19.4. The van der Waals surface area contributed by atoms with Gasteiger partial charge in [0.05, 0.1) is 14.4 Å². The third kappa shape index (κ3) is 3.13. The van der Waals surface area contributed by atoms with Crippen LogP contribution >= 0.6 is 38.2 Å². The lowest BCUT2D eigenvalue weighted by Gasteiger charge is -2.22. The van der Waals surface area contributed by atoms with E-state index < -0.39 is 9.05 Å². The molecule has 0 N–H and O–H groups in total. The topological polar surface area (TPSA) is 54.5 Å². The number of benzene rings is 1. The van der Waals surface area contributed by atoms with Crippen molar-refractivity contribution in [3.63, 3.8) is 0 Å². The largest absolute Gasteiger partial charge is 0.336 e. The van der Waals surface area contributed by atoms with Crippen LogP contribution in [0.15, 0.2) is 21.5 Å². The monoisotopic (exact) mass is 399 g/mol.